The number of nitrogens with one attached hydrogen (secondary N) is 2. The lowest BCUT2D eigenvalue weighted by Gasteiger charge is -2.20. The number of carbonyl (C=O) groups excluding carboxylic acids is 1. The van der Waals surface area contributed by atoms with Crippen LogP contribution in [0, 0.1) is 12.8 Å². The summed E-state index contributed by atoms with van der Waals surface area (Å²) in [6.07, 6.45) is 0.966. The zero-order valence-electron chi connectivity index (χ0n) is 15.3. The van der Waals surface area contributed by atoms with Gasteiger partial charge in [0.1, 0.15) is 0 Å². The van der Waals surface area contributed by atoms with Crippen molar-refractivity contribution in [2.75, 3.05) is 19.6 Å². The number of hydrogen-bond acceptors (Lipinski definition) is 2. The van der Waals surface area contributed by atoms with Gasteiger partial charge in [0.2, 0.25) is 5.91 Å². The van der Waals surface area contributed by atoms with Gasteiger partial charge in [-0.2, -0.15) is 0 Å². The van der Waals surface area contributed by atoms with E-state index >= 15 is 0 Å². The second-order valence-electron chi connectivity index (χ2n) is 6.75. The van der Waals surface area contributed by atoms with E-state index in [2.05, 4.69) is 53.7 Å². The van der Waals surface area contributed by atoms with E-state index in [0.717, 1.165) is 32.0 Å². The molecule has 1 unspecified atom stereocenters. The summed E-state index contributed by atoms with van der Waals surface area (Å²) < 4.78 is 0. The van der Waals surface area contributed by atoms with Crippen molar-refractivity contribution < 1.29 is 4.79 Å². The monoisotopic (exact) mass is 330 g/mol. The van der Waals surface area contributed by atoms with Crippen LogP contribution < -0.4 is 10.6 Å². The third-order valence-electron chi connectivity index (χ3n) is 4.18. The minimum Gasteiger partial charge on any atom is -0.357 e. The van der Waals surface area contributed by atoms with E-state index in [1.807, 2.05) is 18.7 Å². The van der Waals surface area contributed by atoms with Crippen molar-refractivity contribution in [2.45, 2.75) is 46.7 Å². The van der Waals surface area contributed by atoms with Crippen LogP contribution in [0.25, 0.3) is 0 Å². The second kappa shape index (κ2) is 8.71. The highest BCUT2D eigenvalue weighted by molar-refractivity contribution is 5.81. The molecule has 1 aliphatic rings. The van der Waals surface area contributed by atoms with Crippen molar-refractivity contribution in [1.82, 2.24) is 15.5 Å². The van der Waals surface area contributed by atoms with Crippen LogP contribution in [-0.4, -0.2) is 42.4 Å². The first-order chi connectivity index (χ1) is 11.5. The number of likely N-dealkylation sites (tertiary alicyclic amines) is 1. The molecule has 1 aromatic carbocycles. The molecule has 0 saturated carbocycles. The fourth-order valence-corrected chi connectivity index (χ4v) is 2.94. The Labute approximate surface area is 145 Å². The van der Waals surface area contributed by atoms with Gasteiger partial charge in [-0.3, -0.25) is 4.79 Å². The van der Waals surface area contributed by atoms with Crippen molar-refractivity contribution in [1.29, 1.82) is 0 Å². The molecule has 24 heavy (non-hydrogen) atoms. The predicted molar refractivity (Wildman–Crippen MR) is 99.0 cm³/mol. The average Bonchev–Trinajstić information content (AvgIpc) is 3.00. The number of guanidine groups is 1. The standard InChI is InChI=1S/C19H30N4O/c1-5-20-19(21-12-16-8-6-7-15(4)11-16)22-17-9-10-23(13-17)18(24)14(2)3/h6-8,11,14,17H,5,9-10,12-13H2,1-4H3,(H2,20,21,22). The Bertz CT molecular complexity index is 582. The molecule has 1 fully saturated rings. The first-order valence-electron chi connectivity index (χ1n) is 8.88. The molecule has 0 radical (unpaired) electrons. The Morgan fingerprint density at radius 2 is 2.21 bits per heavy atom. The fraction of sp³-hybridized carbons (Fsp3) is 0.579. The Hall–Kier alpha value is -2.04. The van der Waals surface area contributed by atoms with Crippen LogP contribution in [0.4, 0.5) is 0 Å². The maximum atomic E-state index is 12.1. The van der Waals surface area contributed by atoms with Crippen molar-refractivity contribution >= 4 is 11.9 Å². The van der Waals surface area contributed by atoms with Gasteiger partial charge in [-0.05, 0) is 25.8 Å². The van der Waals surface area contributed by atoms with E-state index in [9.17, 15) is 4.79 Å². The van der Waals surface area contributed by atoms with Gasteiger partial charge in [0.25, 0.3) is 0 Å². The van der Waals surface area contributed by atoms with Crippen molar-refractivity contribution in [3.05, 3.63) is 35.4 Å². The molecule has 1 aliphatic heterocycles. The molecule has 1 aromatic rings. The first-order valence-corrected chi connectivity index (χ1v) is 8.88. The Morgan fingerprint density at radius 3 is 2.88 bits per heavy atom. The van der Waals surface area contributed by atoms with Gasteiger partial charge < -0.3 is 15.5 Å². The number of nitrogens with zero attached hydrogens (tertiary/aromatic N) is 2. The Morgan fingerprint density at radius 1 is 1.42 bits per heavy atom. The van der Waals surface area contributed by atoms with Gasteiger partial charge in [0.05, 0.1) is 6.54 Å². The molecule has 2 rings (SSSR count). The molecule has 1 atom stereocenters. The van der Waals surface area contributed by atoms with E-state index in [4.69, 9.17) is 0 Å². The number of aliphatic imine (C=N–C) groups is 1. The smallest absolute Gasteiger partial charge is 0.225 e. The SMILES string of the molecule is CCNC(=NCc1cccc(C)c1)NC1CCN(C(=O)C(C)C)C1. The van der Waals surface area contributed by atoms with Crippen molar-refractivity contribution in [2.24, 2.45) is 10.9 Å². The molecule has 2 N–H and O–H groups in total. The second-order valence-corrected chi connectivity index (χ2v) is 6.75. The molecule has 0 bridgehead atoms. The maximum absolute atomic E-state index is 12.1. The summed E-state index contributed by atoms with van der Waals surface area (Å²) in [5.74, 6) is 1.12. The highest BCUT2D eigenvalue weighted by Gasteiger charge is 2.27. The van der Waals surface area contributed by atoms with Crippen molar-refractivity contribution in [3.63, 3.8) is 0 Å². The Balaban J connectivity index is 1.94. The molecule has 5 nitrogen and oxygen atoms in total. The summed E-state index contributed by atoms with van der Waals surface area (Å²) in [5, 5.41) is 6.77. The lowest BCUT2D eigenvalue weighted by atomic mass is 10.1. The van der Waals surface area contributed by atoms with Crippen LogP contribution in [0.15, 0.2) is 29.3 Å². The van der Waals surface area contributed by atoms with E-state index in [1.165, 1.54) is 11.1 Å². The Kier molecular flexibility index (Phi) is 6.64. The molecule has 0 aromatic heterocycles. The van der Waals surface area contributed by atoms with E-state index in [-0.39, 0.29) is 17.9 Å². The highest BCUT2D eigenvalue weighted by Crippen LogP contribution is 2.13. The number of benzene rings is 1. The summed E-state index contributed by atoms with van der Waals surface area (Å²) in [5.41, 5.74) is 2.45. The summed E-state index contributed by atoms with van der Waals surface area (Å²) in [4.78, 5) is 18.7. The number of amides is 1. The largest absolute Gasteiger partial charge is 0.357 e. The van der Waals surface area contributed by atoms with Gasteiger partial charge in [0.15, 0.2) is 5.96 Å². The third kappa shape index (κ3) is 5.25. The maximum Gasteiger partial charge on any atom is 0.225 e. The third-order valence-corrected chi connectivity index (χ3v) is 4.18. The van der Waals surface area contributed by atoms with Crippen LogP contribution in [0.5, 0.6) is 0 Å². The zero-order valence-corrected chi connectivity index (χ0v) is 15.3. The molecule has 1 heterocycles. The summed E-state index contributed by atoms with van der Waals surface area (Å²) in [6.45, 7) is 11.1. The minimum atomic E-state index is 0.0620. The van der Waals surface area contributed by atoms with Gasteiger partial charge in [-0.1, -0.05) is 43.7 Å². The zero-order chi connectivity index (χ0) is 17.5. The summed E-state index contributed by atoms with van der Waals surface area (Å²) in [6, 6.07) is 8.68. The summed E-state index contributed by atoms with van der Waals surface area (Å²) >= 11 is 0. The first kappa shape index (κ1) is 18.3. The highest BCUT2D eigenvalue weighted by atomic mass is 16.2. The van der Waals surface area contributed by atoms with Gasteiger partial charge in [-0.15, -0.1) is 0 Å². The molecule has 5 heteroatoms. The van der Waals surface area contributed by atoms with Gasteiger partial charge in [0, 0.05) is 31.6 Å². The molecular formula is C19H30N4O. The van der Waals surface area contributed by atoms with Crippen LogP contribution in [0.1, 0.15) is 38.3 Å². The molecular weight excluding hydrogens is 300 g/mol. The van der Waals surface area contributed by atoms with E-state index in [0.29, 0.717) is 6.54 Å². The van der Waals surface area contributed by atoms with Crippen LogP contribution >= 0.6 is 0 Å². The van der Waals surface area contributed by atoms with Crippen molar-refractivity contribution in [3.8, 4) is 0 Å². The molecule has 0 spiro atoms. The summed E-state index contributed by atoms with van der Waals surface area (Å²) in [7, 11) is 0. The normalized spacial score (nSPS) is 18.1. The van der Waals surface area contributed by atoms with E-state index < -0.39 is 0 Å². The minimum absolute atomic E-state index is 0.0620. The number of rotatable bonds is 5. The molecule has 0 aliphatic carbocycles. The number of carbonyl (C=O) groups is 1. The van der Waals surface area contributed by atoms with Crippen LogP contribution in [0.3, 0.4) is 0 Å². The predicted octanol–water partition coefficient (Wildman–Crippen LogP) is 2.31. The van der Waals surface area contributed by atoms with Gasteiger partial charge in [-0.25, -0.2) is 4.99 Å². The van der Waals surface area contributed by atoms with Crippen LogP contribution in [-0.2, 0) is 11.3 Å². The fourth-order valence-electron chi connectivity index (χ4n) is 2.94. The quantitative estimate of drug-likeness (QED) is 0.643. The average molecular weight is 330 g/mol. The molecule has 1 saturated heterocycles. The van der Waals surface area contributed by atoms with Gasteiger partial charge >= 0.3 is 0 Å². The molecule has 132 valence electrons. The lowest BCUT2D eigenvalue weighted by molar-refractivity contribution is -0.133. The topological polar surface area (TPSA) is 56.7 Å². The van der Waals surface area contributed by atoms with E-state index in [1.54, 1.807) is 0 Å². The van der Waals surface area contributed by atoms with Crippen LogP contribution in [0.2, 0.25) is 0 Å². The lowest BCUT2D eigenvalue weighted by Crippen LogP contribution is -2.45. The molecule has 1 amide bonds. The number of aryl methyl sites for hydroxylation is 1. The number of hydrogen-bond donors (Lipinski definition) is 2.